The second-order valence-corrected chi connectivity index (χ2v) is 5.42. The summed E-state index contributed by atoms with van der Waals surface area (Å²) in [5, 5.41) is 0. The van der Waals surface area contributed by atoms with E-state index < -0.39 is 0 Å². The molecule has 1 aromatic rings. The van der Waals surface area contributed by atoms with Gasteiger partial charge in [-0.05, 0) is 19.8 Å². The van der Waals surface area contributed by atoms with E-state index in [0.717, 1.165) is 31.6 Å². The van der Waals surface area contributed by atoms with E-state index in [0.29, 0.717) is 37.3 Å². The van der Waals surface area contributed by atoms with Gasteiger partial charge in [-0.15, -0.1) is 0 Å². The number of ether oxygens (including phenoxy) is 2. The predicted octanol–water partition coefficient (Wildman–Crippen LogP) is 1.76. The highest BCUT2D eigenvalue weighted by atomic mass is 16.5. The second-order valence-electron chi connectivity index (χ2n) is 5.42. The smallest absolute Gasteiger partial charge is 0.341 e. The largest absolute Gasteiger partial charge is 0.462 e. The van der Waals surface area contributed by atoms with Gasteiger partial charge in [0, 0.05) is 25.2 Å². The molecule has 6 heteroatoms. The van der Waals surface area contributed by atoms with Gasteiger partial charge in [0.25, 0.3) is 0 Å². The maximum atomic E-state index is 12.1. The molecule has 0 unspecified atom stereocenters. The van der Waals surface area contributed by atoms with Crippen molar-refractivity contribution < 1.29 is 14.3 Å². The molecule has 1 aliphatic carbocycles. The number of esters is 1. The van der Waals surface area contributed by atoms with Crippen LogP contribution in [0, 0.1) is 0 Å². The molecule has 0 amide bonds. The van der Waals surface area contributed by atoms with Crippen molar-refractivity contribution in [2.45, 2.75) is 32.1 Å². The summed E-state index contributed by atoms with van der Waals surface area (Å²) in [6.07, 6.45) is 5.01. The molecular weight excluding hydrogens is 270 g/mol. The third-order valence-corrected chi connectivity index (χ3v) is 4.09. The molecule has 1 saturated heterocycles. The van der Waals surface area contributed by atoms with Crippen molar-refractivity contribution in [2.24, 2.45) is 0 Å². The fourth-order valence-electron chi connectivity index (χ4n) is 2.66. The highest BCUT2D eigenvalue weighted by Crippen LogP contribution is 2.37. The van der Waals surface area contributed by atoms with Gasteiger partial charge in [0.15, 0.2) is 0 Å². The third-order valence-electron chi connectivity index (χ3n) is 4.09. The van der Waals surface area contributed by atoms with Crippen LogP contribution in [0.25, 0.3) is 0 Å². The lowest BCUT2D eigenvalue weighted by atomic mass is 9.81. The molecule has 1 aliphatic heterocycles. The normalized spacial score (nSPS) is 19.2. The topological polar surface area (TPSA) is 64.5 Å². The van der Waals surface area contributed by atoms with E-state index in [9.17, 15) is 4.79 Å². The molecule has 0 radical (unpaired) electrons. The number of nitrogens with zero attached hydrogens (tertiary/aromatic N) is 3. The van der Waals surface area contributed by atoms with Crippen molar-refractivity contribution >= 4 is 11.9 Å². The highest BCUT2D eigenvalue weighted by molar-refractivity contribution is 5.90. The standard InChI is InChI=1S/C15H21N3O3/c1-2-21-14(19)12-10-16-15(18-6-8-20-9-7-18)17-13(12)11-4-3-5-11/h10-11H,2-9H2,1H3. The summed E-state index contributed by atoms with van der Waals surface area (Å²) in [6.45, 7) is 5.16. The number of carbonyl (C=O) groups excluding carboxylic acids is 1. The van der Waals surface area contributed by atoms with Crippen molar-refractivity contribution in [3.8, 4) is 0 Å². The van der Waals surface area contributed by atoms with Crippen LogP contribution in [0.3, 0.4) is 0 Å². The third kappa shape index (κ3) is 3.00. The van der Waals surface area contributed by atoms with Gasteiger partial charge in [-0.3, -0.25) is 0 Å². The Morgan fingerprint density at radius 2 is 2.19 bits per heavy atom. The Morgan fingerprint density at radius 1 is 1.43 bits per heavy atom. The minimum atomic E-state index is -0.312. The van der Waals surface area contributed by atoms with E-state index in [1.54, 1.807) is 6.20 Å². The molecule has 0 atom stereocenters. The first-order chi connectivity index (χ1) is 10.3. The quantitative estimate of drug-likeness (QED) is 0.788. The van der Waals surface area contributed by atoms with Crippen LogP contribution in [-0.2, 0) is 9.47 Å². The van der Waals surface area contributed by atoms with Crippen molar-refractivity contribution in [3.05, 3.63) is 17.5 Å². The molecule has 0 N–H and O–H groups in total. The van der Waals surface area contributed by atoms with Crippen LogP contribution in [0.2, 0.25) is 0 Å². The second kappa shape index (κ2) is 6.39. The zero-order chi connectivity index (χ0) is 14.7. The number of anilines is 1. The van der Waals surface area contributed by atoms with Gasteiger partial charge in [0.05, 0.1) is 31.1 Å². The summed E-state index contributed by atoms with van der Waals surface area (Å²) in [5.41, 5.74) is 1.38. The summed E-state index contributed by atoms with van der Waals surface area (Å²) in [6, 6.07) is 0. The predicted molar refractivity (Wildman–Crippen MR) is 77.6 cm³/mol. The Labute approximate surface area is 124 Å². The summed E-state index contributed by atoms with van der Waals surface area (Å²) in [5.74, 6) is 0.758. The van der Waals surface area contributed by atoms with Gasteiger partial charge in [-0.25, -0.2) is 14.8 Å². The van der Waals surface area contributed by atoms with E-state index in [1.807, 2.05) is 6.92 Å². The molecule has 1 aromatic heterocycles. The van der Waals surface area contributed by atoms with Crippen molar-refractivity contribution in [1.29, 1.82) is 0 Å². The lowest BCUT2D eigenvalue weighted by Gasteiger charge is -2.30. The zero-order valence-corrected chi connectivity index (χ0v) is 12.4. The van der Waals surface area contributed by atoms with Crippen molar-refractivity contribution in [1.82, 2.24) is 9.97 Å². The molecule has 0 spiro atoms. The molecule has 114 valence electrons. The first-order valence-corrected chi connectivity index (χ1v) is 7.66. The van der Waals surface area contributed by atoms with Gasteiger partial charge < -0.3 is 14.4 Å². The van der Waals surface area contributed by atoms with Crippen LogP contribution in [-0.4, -0.2) is 48.8 Å². The van der Waals surface area contributed by atoms with Gasteiger partial charge in [-0.1, -0.05) is 6.42 Å². The minimum Gasteiger partial charge on any atom is -0.462 e. The van der Waals surface area contributed by atoms with Crippen LogP contribution in [0.5, 0.6) is 0 Å². The summed E-state index contributed by atoms with van der Waals surface area (Å²) < 4.78 is 10.5. The lowest BCUT2D eigenvalue weighted by Crippen LogP contribution is -2.37. The molecule has 2 heterocycles. The Balaban J connectivity index is 1.88. The Kier molecular flexibility index (Phi) is 4.34. The van der Waals surface area contributed by atoms with E-state index in [1.165, 1.54) is 6.42 Å². The molecule has 0 aromatic carbocycles. The van der Waals surface area contributed by atoms with Crippen LogP contribution in [0.4, 0.5) is 5.95 Å². The van der Waals surface area contributed by atoms with Gasteiger partial charge in [-0.2, -0.15) is 0 Å². The molecule has 1 saturated carbocycles. The Hall–Kier alpha value is -1.69. The van der Waals surface area contributed by atoms with Crippen LogP contribution >= 0.6 is 0 Å². The minimum absolute atomic E-state index is 0.312. The average molecular weight is 291 g/mol. The SMILES string of the molecule is CCOC(=O)c1cnc(N2CCOCC2)nc1C1CCC1. The molecule has 3 rings (SSSR count). The molecule has 6 nitrogen and oxygen atoms in total. The fourth-order valence-corrected chi connectivity index (χ4v) is 2.66. The zero-order valence-electron chi connectivity index (χ0n) is 12.4. The number of aromatic nitrogens is 2. The maximum Gasteiger partial charge on any atom is 0.341 e. The van der Waals surface area contributed by atoms with E-state index >= 15 is 0 Å². The van der Waals surface area contributed by atoms with E-state index in [-0.39, 0.29) is 5.97 Å². The van der Waals surface area contributed by atoms with Crippen molar-refractivity contribution in [3.63, 3.8) is 0 Å². The molecular formula is C15H21N3O3. The average Bonchev–Trinajstić information content (AvgIpc) is 2.46. The van der Waals surface area contributed by atoms with Crippen LogP contribution < -0.4 is 4.90 Å². The molecule has 2 fully saturated rings. The first kappa shape index (κ1) is 14.3. The Morgan fingerprint density at radius 3 is 2.81 bits per heavy atom. The summed E-state index contributed by atoms with van der Waals surface area (Å²) >= 11 is 0. The lowest BCUT2D eigenvalue weighted by molar-refractivity contribution is 0.0522. The van der Waals surface area contributed by atoms with Gasteiger partial charge in [0.1, 0.15) is 0 Å². The van der Waals surface area contributed by atoms with Crippen LogP contribution in [0.15, 0.2) is 6.20 Å². The van der Waals surface area contributed by atoms with Gasteiger partial charge >= 0.3 is 5.97 Å². The molecule has 2 aliphatic rings. The number of hydrogen-bond donors (Lipinski definition) is 0. The van der Waals surface area contributed by atoms with Gasteiger partial charge in [0.2, 0.25) is 5.95 Å². The molecule has 21 heavy (non-hydrogen) atoms. The van der Waals surface area contributed by atoms with Crippen LogP contribution in [0.1, 0.15) is 48.2 Å². The number of carbonyl (C=O) groups is 1. The number of rotatable bonds is 4. The summed E-state index contributed by atoms with van der Waals surface area (Å²) in [7, 11) is 0. The highest BCUT2D eigenvalue weighted by Gasteiger charge is 2.28. The molecule has 0 bridgehead atoms. The van der Waals surface area contributed by atoms with E-state index in [2.05, 4.69) is 14.9 Å². The van der Waals surface area contributed by atoms with E-state index in [4.69, 9.17) is 9.47 Å². The fraction of sp³-hybridized carbons (Fsp3) is 0.667. The van der Waals surface area contributed by atoms with Crippen molar-refractivity contribution in [2.75, 3.05) is 37.8 Å². The number of morpholine rings is 1. The maximum absolute atomic E-state index is 12.1. The first-order valence-electron chi connectivity index (χ1n) is 7.66. The number of hydrogen-bond acceptors (Lipinski definition) is 6. The summed E-state index contributed by atoms with van der Waals surface area (Å²) in [4.78, 5) is 23.2. The Bertz CT molecular complexity index is 511. The monoisotopic (exact) mass is 291 g/mol.